The van der Waals surface area contributed by atoms with Crippen LogP contribution in [-0.4, -0.2) is 60.3 Å². The molecule has 0 fully saturated rings. The molecule has 0 saturated heterocycles. The van der Waals surface area contributed by atoms with Crippen molar-refractivity contribution >= 4 is 33.8 Å². The topological polar surface area (TPSA) is 46.2 Å². The molecule has 9 heteroatoms. The monoisotopic (exact) mass is 384 g/mol. The second-order valence-electron chi connectivity index (χ2n) is 8.11. The van der Waals surface area contributed by atoms with Gasteiger partial charge in [0.15, 0.2) is 16.6 Å². The molecular weight excluding hydrogens is 348 g/mol. The summed E-state index contributed by atoms with van der Waals surface area (Å²) in [5.74, 6) is 0. The summed E-state index contributed by atoms with van der Waals surface area (Å²) < 4.78 is 30.0. The lowest BCUT2D eigenvalue weighted by molar-refractivity contribution is 0.0803. The molecule has 1 atom stereocenters. The van der Waals surface area contributed by atoms with E-state index >= 15 is 0 Å². The zero-order valence-electron chi connectivity index (χ0n) is 16.2. The molecule has 0 rings (SSSR count). The fraction of sp³-hybridized carbons (Fsp3) is 1.00. The highest BCUT2D eigenvalue weighted by molar-refractivity contribution is 6.89. The largest absolute Gasteiger partial charge is 0.437 e. The Bertz CT molecular complexity index is 327. The molecule has 22 heavy (non-hydrogen) atoms. The first-order chi connectivity index (χ1) is 9.68. The molecule has 0 aliphatic carbocycles. The van der Waals surface area contributed by atoms with E-state index in [4.69, 9.17) is 21.8 Å². The van der Waals surface area contributed by atoms with Crippen molar-refractivity contribution in [3.8, 4) is 0 Å². The number of rotatable bonds is 11. The van der Waals surface area contributed by atoms with E-state index in [1.54, 1.807) is 7.11 Å². The van der Waals surface area contributed by atoms with Gasteiger partial charge in [-0.2, -0.15) is 0 Å². The molecule has 0 spiro atoms. The number of ether oxygens (including phenoxy) is 2. The van der Waals surface area contributed by atoms with E-state index in [2.05, 4.69) is 58.9 Å². The highest BCUT2D eigenvalue weighted by Gasteiger charge is 2.44. The maximum atomic E-state index is 6.49. The summed E-state index contributed by atoms with van der Waals surface area (Å²) in [5, 5.41) is 0. The van der Waals surface area contributed by atoms with E-state index in [-0.39, 0.29) is 0 Å². The molecule has 0 aliphatic heterocycles. The Morgan fingerprint density at radius 2 is 1.14 bits per heavy atom. The van der Waals surface area contributed by atoms with E-state index in [9.17, 15) is 0 Å². The van der Waals surface area contributed by atoms with Crippen molar-refractivity contribution in [3.05, 3.63) is 0 Å². The molecule has 0 heterocycles. The molecule has 0 N–H and O–H groups in total. The predicted molar refractivity (Wildman–Crippen MR) is 102 cm³/mol. The Morgan fingerprint density at radius 3 is 1.55 bits per heavy atom. The van der Waals surface area contributed by atoms with Crippen LogP contribution in [0, 0.1) is 0 Å². The van der Waals surface area contributed by atoms with Crippen LogP contribution in [0.25, 0.3) is 0 Å². The molecule has 0 aromatic rings. The van der Waals surface area contributed by atoms with Crippen molar-refractivity contribution in [2.75, 3.05) is 26.6 Å². The zero-order chi connectivity index (χ0) is 17.7. The van der Waals surface area contributed by atoms with Gasteiger partial charge < -0.3 is 21.8 Å². The maximum absolute atomic E-state index is 6.49. The maximum Gasteiger partial charge on any atom is 0.342 e. The van der Waals surface area contributed by atoms with Crippen molar-refractivity contribution in [1.82, 2.24) is 0 Å². The summed E-state index contributed by atoms with van der Waals surface area (Å²) in [5.41, 5.74) is 0. The van der Waals surface area contributed by atoms with Crippen LogP contribution in [0.5, 0.6) is 0 Å². The Labute approximate surface area is 141 Å². The summed E-state index contributed by atoms with van der Waals surface area (Å²) in [6.07, 6.45) is 0.520. The molecule has 134 valence electrons. The highest BCUT2D eigenvalue weighted by Crippen LogP contribution is 2.24. The molecule has 5 nitrogen and oxygen atoms in total. The molecule has 0 radical (unpaired) electrons. The Hall–Kier alpha value is 0.668. The zero-order valence-corrected chi connectivity index (χ0v) is 20.2. The smallest absolute Gasteiger partial charge is 0.342 e. The summed E-state index contributed by atoms with van der Waals surface area (Å²) in [4.78, 5) is 0. The van der Waals surface area contributed by atoms with Gasteiger partial charge in [0.2, 0.25) is 0 Å². The third kappa shape index (κ3) is 12.1. The number of hydrogen-bond donors (Lipinski definition) is 0. The lowest BCUT2D eigenvalue weighted by Gasteiger charge is -2.41. The minimum Gasteiger partial charge on any atom is -0.437 e. The van der Waals surface area contributed by atoms with Crippen molar-refractivity contribution < 1.29 is 21.8 Å². The normalized spacial score (nSPS) is 16.6. The molecule has 0 aromatic heterocycles. The summed E-state index contributed by atoms with van der Waals surface area (Å²) in [6.45, 7) is 20.6. The van der Waals surface area contributed by atoms with Gasteiger partial charge in [0.05, 0.1) is 19.4 Å². The highest BCUT2D eigenvalue weighted by atomic mass is 28.5. The average molecular weight is 385 g/mol. The Morgan fingerprint density at radius 1 is 0.636 bits per heavy atom. The van der Waals surface area contributed by atoms with Gasteiger partial charge in [-0.3, -0.25) is 0 Å². The molecule has 0 amide bonds. The van der Waals surface area contributed by atoms with Gasteiger partial charge in [0.1, 0.15) is 0 Å². The van der Waals surface area contributed by atoms with Crippen molar-refractivity contribution in [1.29, 1.82) is 0 Å². The Balaban J connectivity index is 4.90. The molecule has 0 saturated carbocycles. The molecule has 0 aliphatic rings. The molecule has 1 unspecified atom stereocenters. The fourth-order valence-electron chi connectivity index (χ4n) is 2.41. The number of hydrogen-bond acceptors (Lipinski definition) is 5. The first kappa shape index (κ1) is 22.7. The third-order valence-corrected chi connectivity index (χ3v) is 15.3. The second kappa shape index (κ2) is 8.67. The second-order valence-corrected chi connectivity index (χ2v) is 24.4. The van der Waals surface area contributed by atoms with E-state index in [1.165, 1.54) is 0 Å². The van der Waals surface area contributed by atoms with Gasteiger partial charge in [-0.15, -0.1) is 0 Å². The summed E-state index contributed by atoms with van der Waals surface area (Å²) in [6, 6.07) is 0. The average Bonchev–Trinajstić information content (AvgIpc) is 2.16. The minimum atomic E-state index is -2.43. The van der Waals surface area contributed by atoms with Crippen molar-refractivity contribution in [3.63, 3.8) is 0 Å². The lowest BCUT2D eigenvalue weighted by atomic mass is 10.8. The molecule has 0 aromatic carbocycles. The molecular formula is C13H36O5Si4. The predicted octanol–water partition coefficient (Wildman–Crippen LogP) is 3.68. The van der Waals surface area contributed by atoms with Gasteiger partial charge in [-0.25, -0.2) is 0 Å². The van der Waals surface area contributed by atoms with Crippen LogP contribution in [-0.2, 0) is 21.8 Å². The minimum absolute atomic E-state index is 0.520. The first-order valence-corrected chi connectivity index (χ1v) is 20.0. The Kier molecular flexibility index (Phi) is 8.94. The number of methoxy groups -OCH3 is 1. The van der Waals surface area contributed by atoms with Crippen molar-refractivity contribution in [2.45, 2.75) is 58.9 Å². The standard InChI is InChI=1S/C13H36O5Si4/c1-14-11-12-15-13-22(10,17-20(5,6)7)18-21(8,9)16-19(2,3)4/h11-13H2,1-10H3. The van der Waals surface area contributed by atoms with Gasteiger partial charge in [0, 0.05) is 7.11 Å². The van der Waals surface area contributed by atoms with E-state index < -0.39 is 33.8 Å². The SMILES string of the molecule is COCCOC[Si](C)(O[Si](C)(C)C)O[Si](C)(C)O[Si](C)(C)C. The first-order valence-electron chi connectivity index (χ1n) is 7.85. The van der Waals surface area contributed by atoms with E-state index in [0.29, 0.717) is 19.4 Å². The lowest BCUT2D eigenvalue weighted by Crippen LogP contribution is -2.59. The van der Waals surface area contributed by atoms with Crippen molar-refractivity contribution in [2.24, 2.45) is 0 Å². The van der Waals surface area contributed by atoms with Crippen LogP contribution in [0.15, 0.2) is 0 Å². The van der Waals surface area contributed by atoms with Crippen LogP contribution in [0.3, 0.4) is 0 Å². The summed E-state index contributed by atoms with van der Waals surface area (Å²) in [7, 11) is -6.34. The van der Waals surface area contributed by atoms with Gasteiger partial charge in [0.25, 0.3) is 0 Å². The van der Waals surface area contributed by atoms with Crippen LogP contribution in [0.2, 0.25) is 58.9 Å². The van der Waals surface area contributed by atoms with Crippen LogP contribution in [0.1, 0.15) is 0 Å². The van der Waals surface area contributed by atoms with Crippen LogP contribution >= 0.6 is 0 Å². The van der Waals surface area contributed by atoms with Crippen LogP contribution < -0.4 is 0 Å². The summed E-state index contributed by atoms with van der Waals surface area (Å²) >= 11 is 0. The van der Waals surface area contributed by atoms with E-state index in [1.807, 2.05) is 0 Å². The quantitative estimate of drug-likeness (QED) is 0.401. The third-order valence-electron chi connectivity index (χ3n) is 2.33. The van der Waals surface area contributed by atoms with E-state index in [0.717, 1.165) is 0 Å². The molecule has 0 bridgehead atoms. The van der Waals surface area contributed by atoms with Gasteiger partial charge in [-0.1, -0.05) is 0 Å². The van der Waals surface area contributed by atoms with Crippen LogP contribution in [0.4, 0.5) is 0 Å². The van der Waals surface area contributed by atoms with Gasteiger partial charge >= 0.3 is 17.1 Å². The van der Waals surface area contributed by atoms with Gasteiger partial charge in [-0.05, 0) is 58.9 Å². The fourth-order valence-corrected chi connectivity index (χ4v) is 19.7.